The van der Waals surface area contributed by atoms with Crippen LogP contribution in [0.4, 0.5) is 4.79 Å². The van der Waals surface area contributed by atoms with Crippen molar-refractivity contribution in [1.29, 1.82) is 0 Å². The van der Waals surface area contributed by atoms with Crippen LogP contribution in [0.1, 0.15) is 61.4 Å². The second-order valence-electron chi connectivity index (χ2n) is 7.59. The highest BCUT2D eigenvalue weighted by Crippen LogP contribution is 2.40. The number of aryl methyl sites for hydroxylation is 1. The van der Waals surface area contributed by atoms with Gasteiger partial charge in [-0.3, -0.25) is 4.79 Å². The lowest BCUT2D eigenvalue weighted by Crippen LogP contribution is -2.46. The fraction of sp³-hybridized carbons (Fsp3) is 0.619. The number of piperidine rings is 1. The second kappa shape index (κ2) is 8.56. The summed E-state index contributed by atoms with van der Waals surface area (Å²) in [6.45, 7) is 5.03. The molecule has 1 N–H and O–H groups in total. The number of amides is 2. The maximum absolute atomic E-state index is 12.1. The first-order valence-electron chi connectivity index (χ1n) is 9.88. The van der Waals surface area contributed by atoms with E-state index in [1.54, 1.807) is 0 Å². The smallest absolute Gasteiger partial charge is 0.410 e. The topological polar surface area (TPSA) is 58.6 Å². The Kier molecular flexibility index (Phi) is 6.17. The Morgan fingerprint density at radius 2 is 1.81 bits per heavy atom. The molecule has 2 fully saturated rings. The fourth-order valence-electron chi connectivity index (χ4n) is 4.42. The van der Waals surface area contributed by atoms with Gasteiger partial charge in [0.25, 0.3) is 5.91 Å². The third-order valence-electron chi connectivity index (χ3n) is 5.70. The van der Waals surface area contributed by atoms with Crippen LogP contribution in [0.2, 0.25) is 0 Å². The summed E-state index contributed by atoms with van der Waals surface area (Å²) in [5.74, 6) is 0.650. The molecular weight excluding hydrogens is 328 g/mol. The highest BCUT2D eigenvalue weighted by molar-refractivity contribution is 5.94. The van der Waals surface area contributed by atoms with E-state index in [1.165, 1.54) is 0 Å². The fourth-order valence-corrected chi connectivity index (χ4v) is 4.42. The van der Waals surface area contributed by atoms with Gasteiger partial charge in [-0.25, -0.2) is 4.79 Å². The van der Waals surface area contributed by atoms with Gasteiger partial charge < -0.3 is 15.0 Å². The molecule has 142 valence electrons. The summed E-state index contributed by atoms with van der Waals surface area (Å²) < 4.78 is 5.21. The van der Waals surface area contributed by atoms with Crippen molar-refractivity contribution in [2.45, 2.75) is 64.5 Å². The summed E-state index contributed by atoms with van der Waals surface area (Å²) in [5.41, 5.74) is 1.88. The molecule has 3 rings (SSSR count). The summed E-state index contributed by atoms with van der Waals surface area (Å²) in [5, 5.41) is 3.02. The molecule has 0 aliphatic carbocycles. The van der Waals surface area contributed by atoms with E-state index in [-0.39, 0.29) is 12.0 Å². The number of fused-ring (bicyclic) bond motifs is 2. The Morgan fingerprint density at radius 1 is 1.15 bits per heavy atom. The van der Waals surface area contributed by atoms with Crippen LogP contribution in [0.5, 0.6) is 0 Å². The number of carbonyl (C=O) groups excluding carboxylic acids is 2. The number of rotatable bonds is 6. The zero-order valence-electron chi connectivity index (χ0n) is 15.9. The standard InChI is InChI=1S/C21H30N2O3/c1-3-26-21(25)23-18-10-11-19(23)14-16(13-18)5-4-12-22-20(24)17-8-6-15(2)7-9-17/h6-9,16,18-19H,3-5,10-14H2,1-2H3,(H,22,24). The van der Waals surface area contributed by atoms with Crippen molar-refractivity contribution in [3.05, 3.63) is 35.4 Å². The first kappa shape index (κ1) is 18.7. The Balaban J connectivity index is 1.39. The molecule has 0 radical (unpaired) electrons. The number of hydrogen-bond acceptors (Lipinski definition) is 3. The number of ether oxygens (including phenoxy) is 1. The maximum atomic E-state index is 12.1. The van der Waals surface area contributed by atoms with E-state index in [0.717, 1.165) is 49.7 Å². The predicted octanol–water partition coefficient (Wildman–Crippen LogP) is 3.90. The molecule has 2 aliphatic rings. The van der Waals surface area contributed by atoms with E-state index in [0.29, 0.717) is 31.2 Å². The van der Waals surface area contributed by atoms with Gasteiger partial charge in [-0.1, -0.05) is 17.7 Å². The van der Waals surface area contributed by atoms with Gasteiger partial charge in [0.1, 0.15) is 0 Å². The number of hydrogen-bond donors (Lipinski definition) is 1. The van der Waals surface area contributed by atoms with Crippen LogP contribution in [0, 0.1) is 12.8 Å². The normalized spacial score (nSPS) is 24.4. The van der Waals surface area contributed by atoms with Gasteiger partial charge >= 0.3 is 6.09 Å². The molecule has 26 heavy (non-hydrogen) atoms. The Labute approximate surface area is 156 Å². The van der Waals surface area contributed by atoms with Crippen LogP contribution < -0.4 is 5.32 Å². The third kappa shape index (κ3) is 4.37. The number of carbonyl (C=O) groups is 2. The van der Waals surface area contributed by atoms with Gasteiger partial charge in [0.05, 0.1) is 6.61 Å². The molecule has 2 amide bonds. The number of benzene rings is 1. The molecule has 0 spiro atoms. The van der Waals surface area contributed by atoms with Crippen molar-refractivity contribution in [2.75, 3.05) is 13.2 Å². The highest BCUT2D eigenvalue weighted by Gasteiger charge is 2.43. The molecule has 2 heterocycles. The predicted molar refractivity (Wildman–Crippen MR) is 101 cm³/mol. The SMILES string of the molecule is CCOC(=O)N1C2CCC1CC(CCCNC(=O)c1ccc(C)cc1)C2. The van der Waals surface area contributed by atoms with E-state index < -0.39 is 0 Å². The van der Waals surface area contributed by atoms with Crippen molar-refractivity contribution >= 4 is 12.0 Å². The quantitative estimate of drug-likeness (QED) is 0.785. The summed E-state index contributed by atoms with van der Waals surface area (Å²) in [6.07, 6.45) is 6.30. The molecule has 2 unspecified atom stereocenters. The Bertz CT molecular complexity index is 615. The number of nitrogens with one attached hydrogen (secondary N) is 1. The first-order valence-corrected chi connectivity index (χ1v) is 9.88. The van der Waals surface area contributed by atoms with Crippen molar-refractivity contribution in [1.82, 2.24) is 10.2 Å². The van der Waals surface area contributed by atoms with Crippen LogP contribution in [-0.2, 0) is 4.74 Å². The summed E-state index contributed by atoms with van der Waals surface area (Å²) in [7, 11) is 0. The van der Waals surface area contributed by atoms with E-state index in [4.69, 9.17) is 4.74 Å². The van der Waals surface area contributed by atoms with Gasteiger partial charge in [-0.05, 0) is 70.4 Å². The van der Waals surface area contributed by atoms with Crippen molar-refractivity contribution in [3.8, 4) is 0 Å². The maximum Gasteiger partial charge on any atom is 0.410 e. The van der Waals surface area contributed by atoms with Gasteiger partial charge in [0.15, 0.2) is 0 Å². The average molecular weight is 358 g/mol. The van der Waals surface area contributed by atoms with E-state index in [9.17, 15) is 9.59 Å². The third-order valence-corrected chi connectivity index (χ3v) is 5.70. The first-order chi connectivity index (χ1) is 12.6. The van der Waals surface area contributed by atoms with Crippen molar-refractivity contribution in [3.63, 3.8) is 0 Å². The lowest BCUT2D eigenvalue weighted by molar-refractivity contribution is 0.0588. The minimum Gasteiger partial charge on any atom is -0.450 e. The van der Waals surface area contributed by atoms with E-state index in [1.807, 2.05) is 43.0 Å². The molecule has 5 heteroatoms. The molecule has 0 aromatic heterocycles. The summed E-state index contributed by atoms with van der Waals surface area (Å²) in [4.78, 5) is 26.2. The molecule has 2 atom stereocenters. The molecule has 2 saturated heterocycles. The van der Waals surface area contributed by atoms with E-state index in [2.05, 4.69) is 5.32 Å². The molecule has 1 aromatic carbocycles. The van der Waals surface area contributed by atoms with Crippen LogP contribution in [0.15, 0.2) is 24.3 Å². The van der Waals surface area contributed by atoms with Crippen LogP contribution >= 0.6 is 0 Å². The molecule has 0 saturated carbocycles. The van der Waals surface area contributed by atoms with Gasteiger partial charge in [0, 0.05) is 24.2 Å². The lowest BCUT2D eigenvalue weighted by Gasteiger charge is -2.38. The summed E-state index contributed by atoms with van der Waals surface area (Å²) >= 11 is 0. The number of nitrogens with zero attached hydrogens (tertiary/aromatic N) is 1. The van der Waals surface area contributed by atoms with Crippen molar-refractivity contribution in [2.24, 2.45) is 5.92 Å². The minimum absolute atomic E-state index is 0.00204. The van der Waals surface area contributed by atoms with Gasteiger partial charge in [-0.2, -0.15) is 0 Å². The second-order valence-corrected chi connectivity index (χ2v) is 7.59. The highest BCUT2D eigenvalue weighted by atomic mass is 16.6. The molecule has 1 aromatic rings. The zero-order valence-corrected chi connectivity index (χ0v) is 15.9. The lowest BCUT2D eigenvalue weighted by atomic mass is 9.87. The van der Waals surface area contributed by atoms with Gasteiger partial charge in [-0.15, -0.1) is 0 Å². The molecule has 5 nitrogen and oxygen atoms in total. The monoisotopic (exact) mass is 358 g/mol. The zero-order chi connectivity index (χ0) is 18.5. The Morgan fingerprint density at radius 3 is 2.42 bits per heavy atom. The van der Waals surface area contributed by atoms with Crippen molar-refractivity contribution < 1.29 is 14.3 Å². The Hall–Kier alpha value is -2.04. The van der Waals surface area contributed by atoms with Crippen LogP contribution in [-0.4, -0.2) is 42.1 Å². The summed E-state index contributed by atoms with van der Waals surface area (Å²) in [6, 6.07) is 8.35. The van der Waals surface area contributed by atoms with Crippen LogP contribution in [0.3, 0.4) is 0 Å². The largest absolute Gasteiger partial charge is 0.450 e. The molecular formula is C21H30N2O3. The average Bonchev–Trinajstić information content (AvgIpc) is 2.90. The van der Waals surface area contributed by atoms with E-state index >= 15 is 0 Å². The van der Waals surface area contributed by atoms with Gasteiger partial charge in [0.2, 0.25) is 0 Å². The molecule has 2 aliphatic heterocycles. The van der Waals surface area contributed by atoms with Crippen LogP contribution in [0.25, 0.3) is 0 Å². The minimum atomic E-state index is -0.135. The molecule has 2 bridgehead atoms.